The average Bonchev–Trinajstić information content (AvgIpc) is 3.70. The van der Waals surface area contributed by atoms with E-state index >= 15 is 0 Å². The van der Waals surface area contributed by atoms with Crippen molar-refractivity contribution in [3.8, 4) is 5.75 Å². The molecule has 5 rings (SSSR count). The lowest BCUT2D eigenvalue weighted by atomic mass is 9.64. The number of aliphatic hydroxyl groups excluding tert-OH is 1. The van der Waals surface area contributed by atoms with Crippen LogP contribution in [0.4, 0.5) is 11.4 Å². The molecule has 1 N–H and O–H groups in total. The fourth-order valence-corrected chi connectivity index (χ4v) is 8.36. The molecule has 3 aliphatic rings. The molecule has 3 heterocycles. The summed E-state index contributed by atoms with van der Waals surface area (Å²) in [6, 6.07) is 13.5. The van der Waals surface area contributed by atoms with Gasteiger partial charge in [0.25, 0.3) is 5.91 Å². The molecule has 258 valence electrons. The van der Waals surface area contributed by atoms with Crippen LogP contribution in [0.25, 0.3) is 0 Å². The predicted molar refractivity (Wildman–Crippen MR) is 188 cm³/mol. The SMILES string of the molecule is C=CCN(C(=O)[C@@H]1[C@H]2C(=O)N(CCCCCCO)C(C(=O)N(CC=C)c3ccccc3Cl)C23CC[C@@]1(CC)O3)c1ccc(OCC)cc1. The molecule has 3 fully saturated rings. The molecule has 10 heteroatoms. The first kappa shape index (κ1) is 35.6. The number of hydrogen-bond acceptors (Lipinski definition) is 6. The molecule has 2 aromatic rings. The van der Waals surface area contributed by atoms with E-state index in [9.17, 15) is 19.5 Å². The summed E-state index contributed by atoms with van der Waals surface area (Å²) >= 11 is 6.62. The van der Waals surface area contributed by atoms with Crippen LogP contribution in [0.15, 0.2) is 73.8 Å². The van der Waals surface area contributed by atoms with E-state index in [1.165, 1.54) is 0 Å². The second-order valence-electron chi connectivity index (χ2n) is 12.9. The maximum absolute atomic E-state index is 14.9. The number of likely N-dealkylation sites (tertiary alicyclic amines) is 1. The molecule has 3 aliphatic heterocycles. The monoisotopic (exact) mass is 677 g/mol. The van der Waals surface area contributed by atoms with Crippen LogP contribution in [-0.4, -0.2) is 77.8 Å². The van der Waals surface area contributed by atoms with Crippen molar-refractivity contribution in [2.45, 2.75) is 76.0 Å². The number of nitrogens with zero attached hydrogens (tertiary/aromatic N) is 3. The molecule has 0 saturated carbocycles. The van der Waals surface area contributed by atoms with Crippen LogP contribution in [0, 0.1) is 11.8 Å². The van der Waals surface area contributed by atoms with E-state index in [1.54, 1.807) is 45.1 Å². The van der Waals surface area contributed by atoms with Gasteiger partial charge in [-0.25, -0.2) is 0 Å². The van der Waals surface area contributed by atoms with Crippen molar-refractivity contribution in [2.24, 2.45) is 11.8 Å². The van der Waals surface area contributed by atoms with E-state index in [2.05, 4.69) is 13.2 Å². The summed E-state index contributed by atoms with van der Waals surface area (Å²) in [5.74, 6) is -1.68. The Morgan fingerprint density at radius 1 is 1.00 bits per heavy atom. The minimum absolute atomic E-state index is 0.107. The zero-order valence-electron chi connectivity index (χ0n) is 28.1. The number of carbonyl (C=O) groups is 3. The maximum Gasteiger partial charge on any atom is 0.253 e. The van der Waals surface area contributed by atoms with Gasteiger partial charge in [0.15, 0.2) is 0 Å². The molecule has 2 aromatic carbocycles. The molecule has 2 bridgehead atoms. The number of rotatable bonds is 17. The Kier molecular flexibility index (Phi) is 11.3. The Labute approximate surface area is 289 Å². The first-order valence-electron chi connectivity index (χ1n) is 17.2. The van der Waals surface area contributed by atoms with Crippen LogP contribution in [0.3, 0.4) is 0 Å². The minimum atomic E-state index is -1.19. The number of benzene rings is 2. The number of unbranched alkanes of at least 4 members (excludes halogenated alkanes) is 3. The number of ether oxygens (including phenoxy) is 2. The van der Waals surface area contributed by atoms with Gasteiger partial charge in [-0.2, -0.15) is 0 Å². The van der Waals surface area contributed by atoms with Crippen molar-refractivity contribution >= 4 is 40.7 Å². The summed E-state index contributed by atoms with van der Waals surface area (Å²) in [4.78, 5) is 49.4. The third-order valence-corrected chi connectivity index (χ3v) is 10.6. The van der Waals surface area contributed by atoms with Gasteiger partial charge in [-0.15, -0.1) is 13.2 Å². The molecule has 3 saturated heterocycles. The summed E-state index contributed by atoms with van der Waals surface area (Å²) in [7, 11) is 0. The molecule has 1 spiro atoms. The van der Waals surface area contributed by atoms with Gasteiger partial charge < -0.3 is 29.3 Å². The summed E-state index contributed by atoms with van der Waals surface area (Å²) in [5.41, 5.74) is -0.894. The summed E-state index contributed by atoms with van der Waals surface area (Å²) < 4.78 is 12.7. The van der Waals surface area contributed by atoms with Crippen molar-refractivity contribution < 1.29 is 29.0 Å². The lowest BCUT2D eigenvalue weighted by Gasteiger charge is -2.37. The maximum atomic E-state index is 14.9. The molecule has 0 aliphatic carbocycles. The number of para-hydroxylation sites is 1. The van der Waals surface area contributed by atoms with Crippen LogP contribution in [0.1, 0.15) is 58.8 Å². The van der Waals surface area contributed by atoms with Gasteiger partial charge >= 0.3 is 0 Å². The van der Waals surface area contributed by atoms with Gasteiger partial charge in [-0.05, 0) is 75.4 Å². The number of aliphatic hydroxyl groups is 1. The number of anilines is 2. The number of hydrogen-bond donors (Lipinski definition) is 1. The fourth-order valence-electron chi connectivity index (χ4n) is 8.12. The van der Waals surface area contributed by atoms with Crippen molar-refractivity contribution in [3.63, 3.8) is 0 Å². The molecule has 9 nitrogen and oxygen atoms in total. The average molecular weight is 678 g/mol. The zero-order chi connectivity index (χ0) is 34.5. The van der Waals surface area contributed by atoms with Gasteiger partial charge in [-0.1, -0.05) is 55.7 Å². The van der Waals surface area contributed by atoms with E-state index in [1.807, 2.05) is 44.2 Å². The molecule has 2 unspecified atom stereocenters. The fraction of sp³-hybridized carbons (Fsp3) is 0.500. The molecule has 3 amide bonds. The molecule has 0 radical (unpaired) electrons. The molecular weight excluding hydrogens is 630 g/mol. The quantitative estimate of drug-likeness (QED) is 0.159. The Bertz CT molecular complexity index is 1500. The van der Waals surface area contributed by atoms with Crippen molar-refractivity contribution in [2.75, 3.05) is 42.6 Å². The number of fused-ring (bicyclic) bond motifs is 1. The summed E-state index contributed by atoms with van der Waals surface area (Å²) in [6.45, 7) is 13.1. The molecule has 5 atom stereocenters. The highest BCUT2D eigenvalue weighted by molar-refractivity contribution is 6.34. The highest BCUT2D eigenvalue weighted by Gasteiger charge is 2.79. The second kappa shape index (κ2) is 15.3. The van der Waals surface area contributed by atoms with Gasteiger partial charge in [-0.3, -0.25) is 14.4 Å². The van der Waals surface area contributed by atoms with Crippen LogP contribution < -0.4 is 14.5 Å². The van der Waals surface area contributed by atoms with Gasteiger partial charge in [0.2, 0.25) is 11.8 Å². The number of amides is 3. The van der Waals surface area contributed by atoms with E-state index in [0.29, 0.717) is 67.4 Å². The predicted octanol–water partition coefficient (Wildman–Crippen LogP) is 6.18. The van der Waals surface area contributed by atoms with Crippen molar-refractivity contribution in [3.05, 3.63) is 78.9 Å². The van der Waals surface area contributed by atoms with E-state index in [0.717, 1.165) is 12.8 Å². The van der Waals surface area contributed by atoms with Gasteiger partial charge in [0.1, 0.15) is 17.4 Å². The first-order chi connectivity index (χ1) is 23.2. The highest BCUT2D eigenvalue weighted by Crippen LogP contribution is 2.65. The van der Waals surface area contributed by atoms with E-state index in [-0.39, 0.29) is 37.4 Å². The van der Waals surface area contributed by atoms with E-state index < -0.39 is 29.1 Å². The first-order valence-corrected chi connectivity index (χ1v) is 17.5. The molecular formula is C38H48ClN3O6. The van der Waals surface area contributed by atoms with Crippen LogP contribution >= 0.6 is 11.6 Å². The third-order valence-electron chi connectivity index (χ3n) is 10.2. The number of halogens is 1. The lowest BCUT2D eigenvalue weighted by molar-refractivity contribution is -0.146. The normalized spacial score (nSPS) is 25.5. The Morgan fingerprint density at radius 3 is 2.33 bits per heavy atom. The van der Waals surface area contributed by atoms with Crippen LogP contribution in [-0.2, 0) is 19.1 Å². The third kappa shape index (κ3) is 6.28. The number of carbonyl (C=O) groups excluding carboxylic acids is 3. The topological polar surface area (TPSA) is 99.6 Å². The Morgan fingerprint density at radius 2 is 1.69 bits per heavy atom. The highest BCUT2D eigenvalue weighted by atomic mass is 35.5. The molecule has 0 aromatic heterocycles. The summed E-state index contributed by atoms with van der Waals surface area (Å²) in [5, 5.41) is 9.70. The smallest absolute Gasteiger partial charge is 0.253 e. The van der Waals surface area contributed by atoms with Crippen molar-refractivity contribution in [1.29, 1.82) is 0 Å². The van der Waals surface area contributed by atoms with Gasteiger partial charge in [0, 0.05) is 31.9 Å². The molecule has 48 heavy (non-hydrogen) atoms. The second-order valence-corrected chi connectivity index (χ2v) is 13.3. The Balaban J connectivity index is 1.57. The Hall–Kier alpha value is -3.66. The van der Waals surface area contributed by atoms with Gasteiger partial charge in [0.05, 0.1) is 34.8 Å². The van der Waals surface area contributed by atoms with Crippen LogP contribution in [0.2, 0.25) is 5.02 Å². The zero-order valence-corrected chi connectivity index (χ0v) is 28.9. The lowest BCUT2D eigenvalue weighted by Crippen LogP contribution is -2.56. The summed E-state index contributed by atoms with van der Waals surface area (Å²) in [6.07, 6.45) is 7.79. The van der Waals surface area contributed by atoms with Crippen LogP contribution in [0.5, 0.6) is 5.75 Å². The largest absolute Gasteiger partial charge is 0.494 e. The van der Waals surface area contributed by atoms with Crippen molar-refractivity contribution in [1.82, 2.24) is 4.90 Å². The standard InChI is InChI=1S/C38H48ClN3O6/c1-5-23-40(27-17-19-28(20-18-27)47-8-4)34(44)31-32-35(45)42(25-13-9-10-14-26-43)33(38(32)22-21-37(31,7-3)48-38)36(46)41(24-6-2)30-16-12-11-15-29(30)39/h5-6,11-12,15-20,31-33,43H,1-2,7-10,13-14,21-26H2,3-4H3/t31-,32-,33?,37+,38?/m0/s1. The van der Waals surface area contributed by atoms with E-state index in [4.69, 9.17) is 21.1 Å². The minimum Gasteiger partial charge on any atom is -0.494 e.